The van der Waals surface area contributed by atoms with E-state index in [-0.39, 0.29) is 35.7 Å². The van der Waals surface area contributed by atoms with Crippen LogP contribution in [0.5, 0.6) is 0 Å². The minimum absolute atomic E-state index is 0.0578. The van der Waals surface area contributed by atoms with Crippen LogP contribution in [0.4, 0.5) is 0 Å². The molecule has 1 unspecified atom stereocenters. The molecule has 0 radical (unpaired) electrons. The lowest BCUT2D eigenvalue weighted by molar-refractivity contribution is -0.130. The fourth-order valence-corrected chi connectivity index (χ4v) is 3.05. The third kappa shape index (κ3) is 6.02. The molecule has 6 nitrogen and oxygen atoms in total. The van der Waals surface area contributed by atoms with E-state index >= 15 is 0 Å². The maximum atomic E-state index is 12.6. The van der Waals surface area contributed by atoms with Crippen LogP contribution in [0.25, 0.3) is 0 Å². The monoisotopic (exact) mass is 379 g/mol. The van der Waals surface area contributed by atoms with Crippen LogP contribution in [-0.4, -0.2) is 47.8 Å². The lowest BCUT2D eigenvalue weighted by Crippen LogP contribution is -2.49. The second kappa shape index (κ2) is 8.54. The van der Waals surface area contributed by atoms with Crippen LogP contribution in [-0.2, 0) is 9.59 Å². The SMILES string of the molecule is CC(C)(C)NC(=O)CNC(=O)C1CCCN(C(=O)c2ccc(Cl)cc2)C1. The molecule has 1 aliphatic rings. The highest BCUT2D eigenvalue weighted by Gasteiger charge is 2.29. The predicted molar refractivity (Wildman–Crippen MR) is 101 cm³/mol. The summed E-state index contributed by atoms with van der Waals surface area (Å²) in [5.74, 6) is -0.828. The number of likely N-dealkylation sites (tertiary alicyclic amines) is 1. The van der Waals surface area contributed by atoms with E-state index in [9.17, 15) is 14.4 Å². The molecule has 1 aliphatic heterocycles. The van der Waals surface area contributed by atoms with Crippen molar-refractivity contribution >= 4 is 29.3 Å². The number of hydrogen-bond donors (Lipinski definition) is 2. The van der Waals surface area contributed by atoms with Crippen LogP contribution in [0.3, 0.4) is 0 Å². The van der Waals surface area contributed by atoms with E-state index in [0.29, 0.717) is 30.1 Å². The quantitative estimate of drug-likeness (QED) is 0.841. The number of carbonyl (C=O) groups is 3. The molecule has 2 N–H and O–H groups in total. The Morgan fingerprint density at radius 3 is 2.46 bits per heavy atom. The van der Waals surface area contributed by atoms with E-state index in [1.165, 1.54) is 0 Å². The minimum Gasteiger partial charge on any atom is -0.350 e. The molecule has 142 valence electrons. The van der Waals surface area contributed by atoms with Crippen LogP contribution in [0.1, 0.15) is 44.0 Å². The zero-order chi connectivity index (χ0) is 19.3. The van der Waals surface area contributed by atoms with Crippen molar-refractivity contribution in [3.8, 4) is 0 Å². The molecule has 3 amide bonds. The summed E-state index contributed by atoms with van der Waals surface area (Å²) in [6, 6.07) is 6.73. The molecular weight excluding hydrogens is 354 g/mol. The van der Waals surface area contributed by atoms with Gasteiger partial charge in [0.15, 0.2) is 0 Å². The molecule has 0 spiro atoms. The minimum atomic E-state index is -0.339. The van der Waals surface area contributed by atoms with E-state index in [0.717, 1.165) is 6.42 Å². The first-order valence-corrected chi connectivity index (χ1v) is 9.17. The van der Waals surface area contributed by atoms with Gasteiger partial charge < -0.3 is 15.5 Å². The van der Waals surface area contributed by atoms with Gasteiger partial charge in [0.05, 0.1) is 12.5 Å². The lowest BCUT2D eigenvalue weighted by Gasteiger charge is -2.32. The Balaban J connectivity index is 1.88. The standard InChI is InChI=1S/C19H26ClN3O3/c1-19(2,3)22-16(24)11-21-17(25)14-5-4-10-23(12-14)18(26)13-6-8-15(20)9-7-13/h6-9,14H,4-5,10-12H2,1-3H3,(H,21,25)(H,22,24). The number of nitrogens with zero attached hydrogens (tertiary/aromatic N) is 1. The van der Waals surface area contributed by atoms with E-state index in [1.54, 1.807) is 29.2 Å². The highest BCUT2D eigenvalue weighted by molar-refractivity contribution is 6.30. The lowest BCUT2D eigenvalue weighted by atomic mass is 9.96. The van der Waals surface area contributed by atoms with E-state index in [4.69, 9.17) is 11.6 Å². The highest BCUT2D eigenvalue weighted by Crippen LogP contribution is 2.19. The summed E-state index contributed by atoms with van der Waals surface area (Å²) in [5, 5.41) is 6.05. The molecule has 7 heteroatoms. The van der Waals surface area contributed by atoms with Gasteiger partial charge in [-0.1, -0.05) is 11.6 Å². The number of amides is 3. The Labute approximate surface area is 159 Å². The fraction of sp³-hybridized carbons (Fsp3) is 0.526. The van der Waals surface area contributed by atoms with Crippen molar-refractivity contribution in [3.63, 3.8) is 0 Å². The van der Waals surface area contributed by atoms with Gasteiger partial charge in [-0.15, -0.1) is 0 Å². The summed E-state index contributed by atoms with van der Waals surface area (Å²) in [6.45, 7) is 6.57. The number of benzene rings is 1. The molecule has 0 saturated carbocycles. The van der Waals surface area contributed by atoms with Gasteiger partial charge >= 0.3 is 0 Å². The van der Waals surface area contributed by atoms with Crippen LogP contribution in [0.2, 0.25) is 5.02 Å². The number of halogens is 1. The molecule has 2 rings (SSSR count). The molecule has 1 aromatic rings. The number of piperidine rings is 1. The fourth-order valence-electron chi connectivity index (χ4n) is 2.92. The molecular formula is C19H26ClN3O3. The Morgan fingerprint density at radius 2 is 1.85 bits per heavy atom. The number of carbonyl (C=O) groups excluding carboxylic acids is 3. The molecule has 1 atom stereocenters. The topological polar surface area (TPSA) is 78.5 Å². The summed E-state index contributed by atoms with van der Waals surface area (Å²) >= 11 is 5.86. The average molecular weight is 380 g/mol. The highest BCUT2D eigenvalue weighted by atomic mass is 35.5. The molecule has 0 bridgehead atoms. The van der Waals surface area contributed by atoms with Gasteiger partial charge in [0, 0.05) is 29.2 Å². The first kappa shape index (κ1) is 20.2. The number of rotatable bonds is 4. The normalized spacial score (nSPS) is 17.5. The summed E-state index contributed by atoms with van der Waals surface area (Å²) in [4.78, 5) is 38.5. The zero-order valence-electron chi connectivity index (χ0n) is 15.5. The Bertz CT molecular complexity index is 668. The Kier molecular flexibility index (Phi) is 6.64. The molecule has 0 aliphatic carbocycles. The van der Waals surface area contributed by atoms with Crippen molar-refractivity contribution in [2.24, 2.45) is 5.92 Å². The predicted octanol–water partition coefficient (Wildman–Crippen LogP) is 2.22. The Hall–Kier alpha value is -2.08. The summed E-state index contributed by atoms with van der Waals surface area (Å²) in [7, 11) is 0. The van der Waals surface area contributed by atoms with Crippen LogP contribution in [0, 0.1) is 5.92 Å². The second-order valence-corrected chi connectivity index (χ2v) is 8.05. The van der Waals surface area contributed by atoms with Crippen molar-refractivity contribution < 1.29 is 14.4 Å². The van der Waals surface area contributed by atoms with Gasteiger partial charge in [-0.05, 0) is 57.9 Å². The maximum Gasteiger partial charge on any atom is 0.253 e. The van der Waals surface area contributed by atoms with Gasteiger partial charge in [0.1, 0.15) is 0 Å². The van der Waals surface area contributed by atoms with Gasteiger partial charge in [0.2, 0.25) is 11.8 Å². The molecule has 26 heavy (non-hydrogen) atoms. The second-order valence-electron chi connectivity index (χ2n) is 7.61. The molecule has 1 heterocycles. The maximum absolute atomic E-state index is 12.6. The van der Waals surface area contributed by atoms with Gasteiger partial charge in [-0.3, -0.25) is 14.4 Å². The molecule has 1 saturated heterocycles. The third-order valence-corrected chi connectivity index (χ3v) is 4.36. The van der Waals surface area contributed by atoms with Gasteiger partial charge in [-0.25, -0.2) is 0 Å². The first-order chi connectivity index (χ1) is 12.2. The van der Waals surface area contributed by atoms with Crippen LogP contribution in [0.15, 0.2) is 24.3 Å². The van der Waals surface area contributed by atoms with E-state index in [2.05, 4.69) is 10.6 Å². The van der Waals surface area contributed by atoms with Crippen LogP contribution < -0.4 is 10.6 Å². The number of nitrogens with one attached hydrogen (secondary N) is 2. The van der Waals surface area contributed by atoms with E-state index in [1.807, 2.05) is 20.8 Å². The largest absolute Gasteiger partial charge is 0.350 e. The van der Waals surface area contributed by atoms with Crippen molar-refractivity contribution in [3.05, 3.63) is 34.9 Å². The zero-order valence-corrected chi connectivity index (χ0v) is 16.2. The first-order valence-electron chi connectivity index (χ1n) is 8.79. The number of hydrogen-bond acceptors (Lipinski definition) is 3. The van der Waals surface area contributed by atoms with Crippen molar-refractivity contribution in [1.82, 2.24) is 15.5 Å². The van der Waals surface area contributed by atoms with Gasteiger partial charge in [0.25, 0.3) is 5.91 Å². The summed E-state index contributed by atoms with van der Waals surface area (Å²) in [5.41, 5.74) is 0.217. The van der Waals surface area contributed by atoms with Crippen LogP contribution >= 0.6 is 11.6 Å². The summed E-state index contributed by atoms with van der Waals surface area (Å²) in [6.07, 6.45) is 1.46. The molecule has 1 fully saturated rings. The molecule has 0 aromatic heterocycles. The van der Waals surface area contributed by atoms with Gasteiger partial charge in [-0.2, -0.15) is 0 Å². The van der Waals surface area contributed by atoms with Crippen molar-refractivity contribution in [2.75, 3.05) is 19.6 Å². The third-order valence-electron chi connectivity index (χ3n) is 4.11. The van der Waals surface area contributed by atoms with Crippen molar-refractivity contribution in [2.45, 2.75) is 39.2 Å². The Morgan fingerprint density at radius 1 is 1.19 bits per heavy atom. The molecule has 1 aromatic carbocycles. The average Bonchev–Trinajstić information content (AvgIpc) is 2.58. The summed E-state index contributed by atoms with van der Waals surface area (Å²) < 4.78 is 0. The van der Waals surface area contributed by atoms with E-state index < -0.39 is 0 Å². The van der Waals surface area contributed by atoms with Crippen molar-refractivity contribution in [1.29, 1.82) is 0 Å². The smallest absolute Gasteiger partial charge is 0.253 e.